The van der Waals surface area contributed by atoms with Gasteiger partial charge in [-0.1, -0.05) is 13.8 Å². The highest BCUT2D eigenvalue weighted by molar-refractivity contribution is 7.89. The number of hydrogen-bond donors (Lipinski definition) is 1. The molecule has 23 heavy (non-hydrogen) atoms. The fourth-order valence-electron chi connectivity index (χ4n) is 2.60. The number of hydrogen-bond acceptors (Lipinski definition) is 4. The average molecular weight is 340 g/mol. The Hall–Kier alpha value is -1.44. The van der Waals surface area contributed by atoms with Gasteiger partial charge in [0, 0.05) is 31.8 Å². The first-order chi connectivity index (χ1) is 11.0. The monoisotopic (exact) mass is 340 g/mol. The molecular formula is C16H24N2O4S. The van der Waals surface area contributed by atoms with Gasteiger partial charge < -0.3 is 10.1 Å². The molecule has 128 valence electrons. The zero-order valence-electron chi connectivity index (χ0n) is 13.6. The number of benzene rings is 1. The van der Waals surface area contributed by atoms with E-state index in [0.29, 0.717) is 25.2 Å². The standard InChI is InChI=1S/C16H24N2O4S/c1-3-18(4-2)23(20,21)15-9-7-13(8-10-15)16(19)17-12-14-6-5-11-22-14/h7-10,14H,3-6,11-12H2,1-2H3,(H,17,19). The van der Waals surface area contributed by atoms with Gasteiger partial charge >= 0.3 is 0 Å². The van der Waals surface area contributed by atoms with Crippen LogP contribution in [0, 0.1) is 0 Å². The van der Waals surface area contributed by atoms with Gasteiger partial charge in [0.1, 0.15) is 0 Å². The van der Waals surface area contributed by atoms with Crippen LogP contribution in [0.3, 0.4) is 0 Å². The number of rotatable bonds is 7. The Bertz CT molecular complexity index is 618. The molecule has 1 N–H and O–H groups in total. The van der Waals surface area contributed by atoms with Gasteiger partial charge in [-0.3, -0.25) is 4.79 Å². The van der Waals surface area contributed by atoms with Gasteiger partial charge in [0.05, 0.1) is 11.0 Å². The normalized spacial score (nSPS) is 18.3. The number of amides is 1. The van der Waals surface area contributed by atoms with Crippen molar-refractivity contribution in [2.24, 2.45) is 0 Å². The topological polar surface area (TPSA) is 75.7 Å². The fraction of sp³-hybridized carbons (Fsp3) is 0.562. The minimum atomic E-state index is -3.49. The molecule has 0 radical (unpaired) electrons. The average Bonchev–Trinajstić information content (AvgIpc) is 3.07. The molecule has 0 spiro atoms. The van der Waals surface area contributed by atoms with E-state index >= 15 is 0 Å². The van der Waals surface area contributed by atoms with Crippen molar-refractivity contribution in [2.45, 2.75) is 37.7 Å². The van der Waals surface area contributed by atoms with Crippen LogP contribution in [0.2, 0.25) is 0 Å². The van der Waals surface area contributed by atoms with Crippen molar-refractivity contribution in [3.05, 3.63) is 29.8 Å². The third-order valence-corrected chi connectivity index (χ3v) is 6.04. The predicted octanol–water partition coefficient (Wildman–Crippen LogP) is 1.63. The number of nitrogens with zero attached hydrogens (tertiary/aromatic N) is 1. The maximum absolute atomic E-state index is 12.4. The Balaban J connectivity index is 2.02. The summed E-state index contributed by atoms with van der Waals surface area (Å²) >= 11 is 0. The van der Waals surface area contributed by atoms with Crippen molar-refractivity contribution in [3.8, 4) is 0 Å². The van der Waals surface area contributed by atoms with Crippen molar-refractivity contribution in [2.75, 3.05) is 26.2 Å². The molecule has 7 heteroatoms. The second kappa shape index (κ2) is 7.90. The zero-order chi connectivity index (χ0) is 16.9. The molecule has 1 aliphatic heterocycles. The molecule has 0 bridgehead atoms. The summed E-state index contributed by atoms with van der Waals surface area (Å²) in [5.41, 5.74) is 0.446. The third kappa shape index (κ3) is 4.31. The maximum Gasteiger partial charge on any atom is 0.251 e. The van der Waals surface area contributed by atoms with Gasteiger partial charge in [0.25, 0.3) is 5.91 Å². The van der Waals surface area contributed by atoms with Crippen molar-refractivity contribution in [1.29, 1.82) is 0 Å². The summed E-state index contributed by atoms with van der Waals surface area (Å²) in [5, 5.41) is 2.82. The SMILES string of the molecule is CCN(CC)S(=O)(=O)c1ccc(C(=O)NCC2CCCO2)cc1. The van der Waals surface area contributed by atoms with Gasteiger partial charge in [-0.2, -0.15) is 4.31 Å². The lowest BCUT2D eigenvalue weighted by molar-refractivity contribution is 0.0857. The number of nitrogens with one attached hydrogen (secondary N) is 1. The van der Waals surface area contributed by atoms with E-state index in [1.807, 2.05) is 0 Å². The Kier molecular flexibility index (Phi) is 6.15. The van der Waals surface area contributed by atoms with Crippen LogP contribution in [0.5, 0.6) is 0 Å². The van der Waals surface area contributed by atoms with E-state index in [2.05, 4.69) is 5.32 Å². The van der Waals surface area contributed by atoms with Crippen LogP contribution in [-0.2, 0) is 14.8 Å². The van der Waals surface area contributed by atoms with E-state index in [1.165, 1.54) is 16.4 Å². The Morgan fingerprint density at radius 1 is 1.26 bits per heavy atom. The van der Waals surface area contributed by atoms with Crippen LogP contribution in [0.1, 0.15) is 37.0 Å². The van der Waals surface area contributed by atoms with E-state index in [-0.39, 0.29) is 16.9 Å². The lowest BCUT2D eigenvalue weighted by Crippen LogP contribution is -2.32. The van der Waals surface area contributed by atoms with Crippen LogP contribution >= 0.6 is 0 Å². The number of ether oxygens (including phenoxy) is 1. The highest BCUT2D eigenvalue weighted by Gasteiger charge is 2.22. The quantitative estimate of drug-likeness (QED) is 0.818. The molecule has 1 heterocycles. The van der Waals surface area contributed by atoms with Gasteiger partial charge in [-0.25, -0.2) is 8.42 Å². The largest absolute Gasteiger partial charge is 0.376 e. The number of carbonyl (C=O) groups excluding carboxylic acids is 1. The van der Waals surface area contributed by atoms with E-state index < -0.39 is 10.0 Å². The van der Waals surface area contributed by atoms with Gasteiger partial charge in [-0.05, 0) is 37.1 Å². The molecule has 1 atom stereocenters. The molecule has 1 unspecified atom stereocenters. The summed E-state index contributed by atoms with van der Waals surface area (Å²) in [4.78, 5) is 12.3. The summed E-state index contributed by atoms with van der Waals surface area (Å²) in [6.07, 6.45) is 2.07. The smallest absolute Gasteiger partial charge is 0.251 e. The molecule has 1 saturated heterocycles. The fourth-order valence-corrected chi connectivity index (χ4v) is 4.06. The van der Waals surface area contributed by atoms with Gasteiger partial charge in [0.2, 0.25) is 10.0 Å². The second-order valence-corrected chi connectivity index (χ2v) is 7.40. The molecule has 0 aromatic heterocycles. The van der Waals surface area contributed by atoms with E-state index in [1.54, 1.807) is 26.0 Å². The number of carbonyl (C=O) groups is 1. The van der Waals surface area contributed by atoms with Gasteiger partial charge in [-0.15, -0.1) is 0 Å². The van der Waals surface area contributed by atoms with E-state index in [0.717, 1.165) is 19.4 Å². The van der Waals surface area contributed by atoms with Crippen LogP contribution in [0.25, 0.3) is 0 Å². The molecule has 6 nitrogen and oxygen atoms in total. The highest BCUT2D eigenvalue weighted by atomic mass is 32.2. The molecule has 1 aliphatic rings. The Labute approximate surface area is 137 Å². The summed E-state index contributed by atoms with van der Waals surface area (Å²) in [7, 11) is -3.49. The summed E-state index contributed by atoms with van der Waals surface area (Å²) in [6.45, 7) is 5.67. The lowest BCUT2D eigenvalue weighted by atomic mass is 10.2. The van der Waals surface area contributed by atoms with Crippen molar-refractivity contribution >= 4 is 15.9 Å². The molecule has 0 saturated carbocycles. The molecular weight excluding hydrogens is 316 g/mol. The number of sulfonamides is 1. The van der Waals surface area contributed by atoms with Crippen molar-refractivity contribution in [3.63, 3.8) is 0 Å². The van der Waals surface area contributed by atoms with Crippen molar-refractivity contribution in [1.82, 2.24) is 9.62 Å². The first kappa shape index (κ1) is 17.9. The Morgan fingerprint density at radius 3 is 2.43 bits per heavy atom. The zero-order valence-corrected chi connectivity index (χ0v) is 14.4. The first-order valence-corrected chi connectivity index (χ1v) is 9.43. The molecule has 0 aliphatic carbocycles. The molecule has 1 fully saturated rings. The van der Waals surface area contributed by atoms with Gasteiger partial charge in [0.15, 0.2) is 0 Å². The lowest BCUT2D eigenvalue weighted by Gasteiger charge is -2.18. The summed E-state index contributed by atoms with van der Waals surface area (Å²) in [6, 6.07) is 6.05. The summed E-state index contributed by atoms with van der Waals surface area (Å²) < 4.78 is 31.6. The summed E-state index contributed by atoms with van der Waals surface area (Å²) in [5.74, 6) is -0.215. The molecule has 1 amide bonds. The highest BCUT2D eigenvalue weighted by Crippen LogP contribution is 2.16. The van der Waals surface area contributed by atoms with E-state index in [4.69, 9.17) is 4.74 Å². The van der Waals surface area contributed by atoms with Crippen molar-refractivity contribution < 1.29 is 17.9 Å². The molecule has 1 aromatic rings. The van der Waals surface area contributed by atoms with Crippen LogP contribution < -0.4 is 5.32 Å². The van der Waals surface area contributed by atoms with Crippen LogP contribution in [0.15, 0.2) is 29.2 Å². The predicted molar refractivity (Wildman–Crippen MR) is 87.9 cm³/mol. The van der Waals surface area contributed by atoms with Crippen LogP contribution in [0.4, 0.5) is 0 Å². The Morgan fingerprint density at radius 2 is 1.91 bits per heavy atom. The van der Waals surface area contributed by atoms with E-state index in [9.17, 15) is 13.2 Å². The minimum Gasteiger partial charge on any atom is -0.376 e. The molecule has 1 aromatic carbocycles. The maximum atomic E-state index is 12.4. The first-order valence-electron chi connectivity index (χ1n) is 7.99. The molecule has 2 rings (SSSR count). The van der Waals surface area contributed by atoms with Crippen LogP contribution in [-0.4, -0.2) is 51.0 Å². The third-order valence-electron chi connectivity index (χ3n) is 3.97. The minimum absolute atomic E-state index is 0.0845. The second-order valence-electron chi connectivity index (χ2n) is 5.46.